The highest BCUT2D eigenvalue weighted by molar-refractivity contribution is 5.77. The third kappa shape index (κ3) is 4.56. The average Bonchev–Trinajstić information content (AvgIpc) is 2.61. The molecule has 26 heavy (non-hydrogen) atoms. The van der Waals surface area contributed by atoms with Crippen molar-refractivity contribution in [1.29, 1.82) is 0 Å². The molecule has 2 aromatic rings. The first-order valence-electron chi connectivity index (χ1n) is 9.36. The van der Waals surface area contributed by atoms with Crippen LogP contribution in [-0.4, -0.2) is 32.3 Å². The molecule has 0 radical (unpaired) electrons. The minimum atomic E-state index is -0.0424. The normalized spacial score (nSPS) is 17.4. The van der Waals surface area contributed by atoms with Crippen molar-refractivity contribution in [2.75, 3.05) is 11.9 Å². The molecule has 3 heterocycles. The number of nitrogens with one attached hydrogen (secondary N) is 1. The van der Waals surface area contributed by atoms with Crippen molar-refractivity contribution in [3.63, 3.8) is 0 Å². The van der Waals surface area contributed by atoms with E-state index in [1.54, 1.807) is 6.20 Å². The van der Waals surface area contributed by atoms with E-state index in [-0.39, 0.29) is 11.9 Å². The summed E-state index contributed by atoms with van der Waals surface area (Å²) in [6.45, 7) is 6.90. The number of anilines is 2. The van der Waals surface area contributed by atoms with Crippen LogP contribution in [0.1, 0.15) is 57.1 Å². The van der Waals surface area contributed by atoms with Crippen LogP contribution in [0.25, 0.3) is 0 Å². The van der Waals surface area contributed by atoms with Crippen LogP contribution in [0, 0.1) is 12.8 Å². The van der Waals surface area contributed by atoms with Gasteiger partial charge in [0.05, 0.1) is 6.04 Å². The standard InChI is InChI=1S/C20H27N5O/c1-14(2)12-19(26)25-11-7-5-8-16(25)20-22-15(3)13-18(24-20)23-17-9-4-6-10-21-17/h4,6,9-10,13-14,16H,5,7-8,11-12H2,1-3H3,(H,21,22,23,24)/t16-/m1/s1. The van der Waals surface area contributed by atoms with Gasteiger partial charge < -0.3 is 10.2 Å². The minimum absolute atomic E-state index is 0.0424. The fraction of sp³-hybridized carbons (Fsp3) is 0.500. The number of hydrogen-bond donors (Lipinski definition) is 1. The van der Waals surface area contributed by atoms with Gasteiger partial charge in [-0.05, 0) is 44.2 Å². The van der Waals surface area contributed by atoms with Gasteiger partial charge in [0.1, 0.15) is 11.6 Å². The second-order valence-corrected chi connectivity index (χ2v) is 7.29. The zero-order valence-corrected chi connectivity index (χ0v) is 15.8. The maximum absolute atomic E-state index is 12.7. The molecular weight excluding hydrogens is 326 g/mol. The summed E-state index contributed by atoms with van der Waals surface area (Å²) in [5.74, 6) is 2.74. The van der Waals surface area contributed by atoms with Crippen LogP contribution >= 0.6 is 0 Å². The lowest BCUT2D eigenvalue weighted by Crippen LogP contribution is -2.39. The van der Waals surface area contributed by atoms with Crippen molar-refractivity contribution >= 4 is 17.5 Å². The number of aromatic nitrogens is 3. The Hall–Kier alpha value is -2.50. The van der Waals surface area contributed by atoms with Crippen LogP contribution in [0.5, 0.6) is 0 Å². The van der Waals surface area contributed by atoms with E-state index in [9.17, 15) is 4.79 Å². The van der Waals surface area contributed by atoms with Gasteiger partial charge in [-0.2, -0.15) is 0 Å². The second-order valence-electron chi connectivity index (χ2n) is 7.29. The zero-order chi connectivity index (χ0) is 18.5. The van der Waals surface area contributed by atoms with Crippen LogP contribution in [0.3, 0.4) is 0 Å². The molecule has 3 rings (SSSR count). The van der Waals surface area contributed by atoms with Crippen molar-refractivity contribution in [2.24, 2.45) is 5.92 Å². The number of rotatable bonds is 5. The molecular formula is C20H27N5O. The predicted molar refractivity (Wildman–Crippen MR) is 102 cm³/mol. The zero-order valence-electron chi connectivity index (χ0n) is 15.8. The van der Waals surface area contributed by atoms with Crippen molar-refractivity contribution in [3.05, 3.63) is 42.0 Å². The van der Waals surface area contributed by atoms with Crippen LogP contribution in [-0.2, 0) is 4.79 Å². The van der Waals surface area contributed by atoms with Gasteiger partial charge in [-0.15, -0.1) is 0 Å². The molecule has 6 heteroatoms. The van der Waals surface area contributed by atoms with Gasteiger partial charge in [0.25, 0.3) is 0 Å². The van der Waals surface area contributed by atoms with E-state index in [1.807, 2.05) is 36.1 Å². The van der Waals surface area contributed by atoms with E-state index < -0.39 is 0 Å². The third-order valence-electron chi connectivity index (χ3n) is 4.50. The molecule has 1 aliphatic rings. The van der Waals surface area contributed by atoms with Gasteiger partial charge in [-0.25, -0.2) is 15.0 Å². The molecule has 1 amide bonds. The SMILES string of the molecule is Cc1cc(Nc2ccccn2)nc([C@H]2CCCCN2C(=O)CC(C)C)n1. The average molecular weight is 353 g/mol. The summed E-state index contributed by atoms with van der Waals surface area (Å²) in [4.78, 5) is 28.3. The number of carbonyl (C=O) groups is 1. The first kappa shape index (κ1) is 18.3. The van der Waals surface area contributed by atoms with Gasteiger partial charge >= 0.3 is 0 Å². The number of piperidine rings is 1. The van der Waals surface area contributed by atoms with E-state index in [2.05, 4.69) is 29.1 Å². The van der Waals surface area contributed by atoms with Crippen molar-refractivity contribution in [3.8, 4) is 0 Å². The number of carbonyl (C=O) groups excluding carboxylic acids is 1. The Balaban J connectivity index is 1.85. The van der Waals surface area contributed by atoms with E-state index in [1.165, 1.54) is 0 Å². The summed E-state index contributed by atoms with van der Waals surface area (Å²) < 4.78 is 0. The molecule has 0 saturated carbocycles. The Kier molecular flexibility index (Phi) is 5.81. The molecule has 138 valence electrons. The maximum atomic E-state index is 12.7. The largest absolute Gasteiger partial charge is 0.332 e. The first-order chi connectivity index (χ1) is 12.5. The Bertz CT molecular complexity index is 747. The lowest BCUT2D eigenvalue weighted by molar-refractivity contribution is -0.136. The topological polar surface area (TPSA) is 71.0 Å². The minimum Gasteiger partial charge on any atom is -0.332 e. The fourth-order valence-corrected chi connectivity index (χ4v) is 3.34. The Labute approximate surface area is 155 Å². The molecule has 0 unspecified atom stereocenters. The van der Waals surface area contributed by atoms with Gasteiger partial charge in [-0.1, -0.05) is 19.9 Å². The molecule has 1 N–H and O–H groups in total. The van der Waals surface area contributed by atoms with Crippen LogP contribution in [0.2, 0.25) is 0 Å². The summed E-state index contributed by atoms with van der Waals surface area (Å²) in [6.07, 6.45) is 5.37. The number of aryl methyl sites for hydroxylation is 1. The van der Waals surface area contributed by atoms with Gasteiger partial charge in [-0.3, -0.25) is 4.79 Å². The molecule has 2 aromatic heterocycles. The quantitative estimate of drug-likeness (QED) is 0.879. The van der Waals surface area contributed by atoms with Crippen LogP contribution in [0.15, 0.2) is 30.5 Å². The van der Waals surface area contributed by atoms with Gasteiger partial charge in [0.15, 0.2) is 5.82 Å². The summed E-state index contributed by atoms with van der Waals surface area (Å²) in [5, 5.41) is 3.23. The smallest absolute Gasteiger partial charge is 0.223 e. The fourth-order valence-electron chi connectivity index (χ4n) is 3.34. The molecule has 1 atom stereocenters. The Morgan fingerprint density at radius 3 is 2.85 bits per heavy atom. The Morgan fingerprint density at radius 1 is 1.27 bits per heavy atom. The molecule has 1 saturated heterocycles. The van der Waals surface area contributed by atoms with Crippen LogP contribution in [0.4, 0.5) is 11.6 Å². The lowest BCUT2D eigenvalue weighted by atomic mass is 9.99. The van der Waals surface area contributed by atoms with Crippen LogP contribution < -0.4 is 5.32 Å². The van der Waals surface area contributed by atoms with E-state index in [4.69, 9.17) is 4.98 Å². The number of hydrogen-bond acceptors (Lipinski definition) is 5. The van der Waals surface area contributed by atoms with Gasteiger partial charge in [0.2, 0.25) is 5.91 Å². The number of likely N-dealkylation sites (tertiary alicyclic amines) is 1. The number of pyridine rings is 1. The predicted octanol–water partition coefficient (Wildman–Crippen LogP) is 4.02. The van der Waals surface area contributed by atoms with E-state index in [0.29, 0.717) is 18.2 Å². The first-order valence-corrected chi connectivity index (χ1v) is 9.36. The summed E-state index contributed by atoms with van der Waals surface area (Å²) >= 11 is 0. The Morgan fingerprint density at radius 2 is 2.12 bits per heavy atom. The summed E-state index contributed by atoms with van der Waals surface area (Å²) in [7, 11) is 0. The number of amides is 1. The molecule has 0 spiro atoms. The highest BCUT2D eigenvalue weighted by Gasteiger charge is 2.30. The number of nitrogens with zero attached hydrogens (tertiary/aromatic N) is 4. The summed E-state index contributed by atoms with van der Waals surface area (Å²) in [6, 6.07) is 7.57. The van der Waals surface area contributed by atoms with E-state index >= 15 is 0 Å². The molecule has 1 aliphatic heterocycles. The molecule has 6 nitrogen and oxygen atoms in total. The second kappa shape index (κ2) is 8.25. The lowest BCUT2D eigenvalue weighted by Gasteiger charge is -2.35. The molecule has 1 fully saturated rings. The molecule has 0 bridgehead atoms. The van der Waals surface area contributed by atoms with Crippen molar-refractivity contribution in [1.82, 2.24) is 19.9 Å². The monoisotopic (exact) mass is 353 g/mol. The third-order valence-corrected chi connectivity index (χ3v) is 4.50. The summed E-state index contributed by atoms with van der Waals surface area (Å²) in [5.41, 5.74) is 0.885. The van der Waals surface area contributed by atoms with Crippen molar-refractivity contribution < 1.29 is 4.79 Å². The maximum Gasteiger partial charge on any atom is 0.223 e. The van der Waals surface area contributed by atoms with Crippen molar-refractivity contribution in [2.45, 2.75) is 52.5 Å². The molecule has 0 aromatic carbocycles. The van der Waals surface area contributed by atoms with Gasteiger partial charge in [0, 0.05) is 30.9 Å². The molecule has 0 aliphatic carbocycles. The highest BCUT2D eigenvalue weighted by Crippen LogP contribution is 2.31. The van der Waals surface area contributed by atoms with E-state index in [0.717, 1.165) is 43.1 Å². The highest BCUT2D eigenvalue weighted by atomic mass is 16.2.